The van der Waals surface area contributed by atoms with Gasteiger partial charge in [0.15, 0.2) is 5.03 Å². The van der Waals surface area contributed by atoms with Gasteiger partial charge in [-0.1, -0.05) is 0 Å². The van der Waals surface area contributed by atoms with Crippen LogP contribution in [-0.4, -0.2) is 55.9 Å². The van der Waals surface area contributed by atoms with Gasteiger partial charge in [-0.25, -0.2) is 19.8 Å². The zero-order valence-corrected chi connectivity index (χ0v) is 10.3. The lowest BCUT2D eigenvalue weighted by Gasteiger charge is -2.17. The number of hydrazone groups is 1. The summed E-state index contributed by atoms with van der Waals surface area (Å²) in [6.07, 6.45) is 0.145. The van der Waals surface area contributed by atoms with Gasteiger partial charge < -0.3 is 14.8 Å². The van der Waals surface area contributed by atoms with Gasteiger partial charge in [-0.3, -0.25) is 0 Å². The molecular weight excluding hydrogens is 244 g/mol. The molecule has 0 saturated carbocycles. The number of amides is 1. The maximum absolute atomic E-state index is 11.3. The molecule has 1 rings (SSSR count). The molecule has 1 aliphatic heterocycles. The molecule has 0 aromatic heterocycles. The third-order valence-electron chi connectivity index (χ3n) is 2.52. The molecule has 1 saturated heterocycles. The molecule has 18 heavy (non-hydrogen) atoms. The topological polar surface area (TPSA) is 106 Å². The zero-order valence-electron chi connectivity index (χ0n) is 10.3. The van der Waals surface area contributed by atoms with Crippen LogP contribution in [0, 0.1) is 16.0 Å². The highest BCUT2D eigenvalue weighted by molar-refractivity contribution is 5.93. The van der Waals surface area contributed by atoms with Crippen LogP contribution in [0.3, 0.4) is 0 Å². The molecule has 1 amide bonds. The van der Waals surface area contributed by atoms with E-state index in [4.69, 9.17) is 4.74 Å². The van der Waals surface area contributed by atoms with Gasteiger partial charge in [0.25, 0.3) is 5.96 Å². The second kappa shape index (κ2) is 6.74. The molecule has 0 spiro atoms. The van der Waals surface area contributed by atoms with Crippen LogP contribution in [0.2, 0.25) is 0 Å². The predicted molar refractivity (Wildman–Crippen MR) is 61.5 cm³/mol. The number of hydrogen-bond acceptors (Lipinski definition) is 5. The number of methoxy groups -OCH3 is 1. The highest BCUT2D eigenvalue weighted by atomic mass is 16.7. The monoisotopic (exact) mass is 260 g/mol. The van der Waals surface area contributed by atoms with Crippen LogP contribution in [0.25, 0.3) is 0 Å². The summed E-state index contributed by atoms with van der Waals surface area (Å²) in [5.41, 5.74) is 0. The smallest absolute Gasteiger partial charge is 0.416 e. The standard InChI is InChI=1S/C9H16N4O5/c1-12(9(14)17-2)8(11-13(15)16)10-5-7-3-4-18-6-7/h7H,3-6H2,1-2H3,(H,10,11). The number of carbonyl (C=O) groups excluding carboxylic acids is 1. The SMILES string of the molecule is COC(=O)N(C)/C(=N\[N+](=O)[O-])NCC1CCOC1. The average molecular weight is 260 g/mol. The Labute approximate surface area is 104 Å². The van der Waals surface area contributed by atoms with Crippen molar-refractivity contribution in [1.29, 1.82) is 0 Å². The second-order valence-corrected chi connectivity index (χ2v) is 3.80. The van der Waals surface area contributed by atoms with E-state index in [0.717, 1.165) is 11.3 Å². The van der Waals surface area contributed by atoms with Crippen molar-refractivity contribution in [3.8, 4) is 0 Å². The Morgan fingerprint density at radius 2 is 2.44 bits per heavy atom. The van der Waals surface area contributed by atoms with Crippen molar-refractivity contribution in [2.45, 2.75) is 6.42 Å². The van der Waals surface area contributed by atoms with Crippen LogP contribution >= 0.6 is 0 Å². The Balaban J connectivity index is 2.60. The van der Waals surface area contributed by atoms with Crippen molar-refractivity contribution in [3.05, 3.63) is 10.1 Å². The van der Waals surface area contributed by atoms with E-state index in [2.05, 4.69) is 15.2 Å². The molecule has 9 nitrogen and oxygen atoms in total. The lowest BCUT2D eigenvalue weighted by molar-refractivity contribution is -0.485. The van der Waals surface area contributed by atoms with Crippen molar-refractivity contribution >= 4 is 12.1 Å². The molecule has 1 atom stereocenters. The van der Waals surface area contributed by atoms with Crippen molar-refractivity contribution in [1.82, 2.24) is 10.2 Å². The van der Waals surface area contributed by atoms with Gasteiger partial charge in [0.2, 0.25) is 0 Å². The van der Waals surface area contributed by atoms with E-state index < -0.39 is 11.1 Å². The van der Waals surface area contributed by atoms with E-state index in [1.165, 1.54) is 14.2 Å². The van der Waals surface area contributed by atoms with E-state index in [1.54, 1.807) is 0 Å². The first kappa shape index (κ1) is 14.2. The van der Waals surface area contributed by atoms with E-state index >= 15 is 0 Å². The van der Waals surface area contributed by atoms with Crippen molar-refractivity contribution in [3.63, 3.8) is 0 Å². The summed E-state index contributed by atoms with van der Waals surface area (Å²) in [4.78, 5) is 22.6. The molecule has 0 aromatic carbocycles. The zero-order chi connectivity index (χ0) is 13.5. The number of hydrogen-bond donors (Lipinski definition) is 1. The molecular formula is C9H16N4O5. The predicted octanol–water partition coefficient (Wildman–Crippen LogP) is -0.142. The Kier molecular flexibility index (Phi) is 5.31. The van der Waals surface area contributed by atoms with Gasteiger partial charge in [0, 0.05) is 26.1 Å². The van der Waals surface area contributed by atoms with Crippen LogP contribution in [0.1, 0.15) is 6.42 Å². The Bertz CT molecular complexity index is 340. The van der Waals surface area contributed by atoms with Crippen LogP contribution in [0.15, 0.2) is 5.10 Å². The summed E-state index contributed by atoms with van der Waals surface area (Å²) in [5, 5.41) is 15.4. The second-order valence-electron chi connectivity index (χ2n) is 3.80. The van der Waals surface area contributed by atoms with Crippen LogP contribution in [0.4, 0.5) is 4.79 Å². The molecule has 1 N–H and O–H groups in total. The van der Waals surface area contributed by atoms with Gasteiger partial charge in [0.05, 0.1) is 13.7 Å². The molecule has 0 radical (unpaired) electrons. The van der Waals surface area contributed by atoms with Gasteiger partial charge in [-0.15, -0.1) is 0 Å². The minimum absolute atomic E-state index is 0.154. The first-order valence-corrected chi connectivity index (χ1v) is 5.41. The number of nitro groups is 1. The molecule has 102 valence electrons. The Morgan fingerprint density at radius 3 is 2.94 bits per heavy atom. The molecule has 1 aliphatic rings. The lowest BCUT2D eigenvalue weighted by atomic mass is 10.1. The first-order valence-electron chi connectivity index (χ1n) is 5.41. The van der Waals surface area contributed by atoms with Gasteiger partial charge in [0.1, 0.15) is 5.10 Å². The van der Waals surface area contributed by atoms with Gasteiger partial charge in [-0.05, 0) is 6.42 Å². The minimum atomic E-state index is -0.868. The van der Waals surface area contributed by atoms with E-state index in [9.17, 15) is 14.9 Å². The van der Waals surface area contributed by atoms with Crippen LogP contribution in [0.5, 0.6) is 0 Å². The van der Waals surface area contributed by atoms with E-state index in [1.807, 2.05) is 0 Å². The molecule has 1 heterocycles. The normalized spacial score (nSPS) is 19.4. The molecule has 0 aliphatic carbocycles. The number of guanidine groups is 1. The largest absolute Gasteiger partial charge is 0.452 e. The third kappa shape index (κ3) is 4.17. The van der Waals surface area contributed by atoms with E-state index in [-0.39, 0.29) is 11.9 Å². The van der Waals surface area contributed by atoms with Crippen molar-refractivity contribution in [2.24, 2.45) is 11.0 Å². The summed E-state index contributed by atoms with van der Waals surface area (Å²) in [6, 6.07) is 0. The van der Waals surface area contributed by atoms with Crippen LogP contribution in [-0.2, 0) is 9.47 Å². The molecule has 0 aromatic rings. The lowest BCUT2D eigenvalue weighted by Crippen LogP contribution is -2.44. The summed E-state index contributed by atoms with van der Waals surface area (Å²) < 4.78 is 9.65. The van der Waals surface area contributed by atoms with Gasteiger partial charge in [-0.2, -0.15) is 0 Å². The fourth-order valence-electron chi connectivity index (χ4n) is 1.50. The van der Waals surface area contributed by atoms with E-state index in [0.29, 0.717) is 19.8 Å². The van der Waals surface area contributed by atoms with Gasteiger partial charge >= 0.3 is 6.09 Å². The molecule has 9 heteroatoms. The Morgan fingerprint density at radius 1 is 1.72 bits per heavy atom. The maximum atomic E-state index is 11.3. The number of nitrogens with zero attached hydrogens (tertiary/aromatic N) is 3. The average Bonchev–Trinajstić information content (AvgIpc) is 2.85. The summed E-state index contributed by atoms with van der Waals surface area (Å²) in [5.74, 6) is 0.103. The number of carbonyl (C=O) groups is 1. The molecule has 1 unspecified atom stereocenters. The quantitative estimate of drug-likeness (QED) is 0.327. The minimum Gasteiger partial charge on any atom is -0.452 e. The highest BCUT2D eigenvalue weighted by Crippen LogP contribution is 2.10. The fraction of sp³-hybridized carbons (Fsp3) is 0.778. The van der Waals surface area contributed by atoms with Crippen molar-refractivity contribution < 1.29 is 19.3 Å². The highest BCUT2D eigenvalue weighted by Gasteiger charge is 2.22. The number of ether oxygens (including phenoxy) is 2. The summed E-state index contributed by atoms with van der Waals surface area (Å²) in [7, 11) is 2.53. The fourth-order valence-corrected chi connectivity index (χ4v) is 1.50. The molecule has 1 fully saturated rings. The van der Waals surface area contributed by atoms with Crippen molar-refractivity contribution in [2.75, 3.05) is 33.9 Å². The maximum Gasteiger partial charge on any atom is 0.416 e. The molecule has 0 bridgehead atoms. The summed E-state index contributed by atoms with van der Waals surface area (Å²) >= 11 is 0. The summed E-state index contributed by atoms with van der Waals surface area (Å²) in [6.45, 7) is 1.73. The number of rotatable bonds is 3. The Hall–Kier alpha value is -1.90. The number of nitrogens with one attached hydrogen (secondary N) is 1. The van der Waals surface area contributed by atoms with Crippen LogP contribution < -0.4 is 5.32 Å². The third-order valence-corrected chi connectivity index (χ3v) is 2.52. The first-order chi connectivity index (χ1) is 8.54.